The minimum Gasteiger partial charge on any atom is -0.339 e. The predicted octanol–water partition coefficient (Wildman–Crippen LogP) is 3.22. The van der Waals surface area contributed by atoms with Crippen LogP contribution in [0.4, 0.5) is 17.2 Å². The maximum Gasteiger partial charge on any atom is 0.276 e. The number of nitriles is 2. The zero-order valence-corrected chi connectivity index (χ0v) is 13.5. The van der Waals surface area contributed by atoms with E-state index in [9.17, 15) is 4.79 Å². The number of hydrogen-bond donors (Lipinski definition) is 2. The van der Waals surface area contributed by atoms with E-state index in [0.29, 0.717) is 28.3 Å². The van der Waals surface area contributed by atoms with Crippen LogP contribution in [0.15, 0.2) is 60.7 Å². The summed E-state index contributed by atoms with van der Waals surface area (Å²) in [5, 5.41) is 31.4. The first kappa shape index (κ1) is 16.6. The van der Waals surface area contributed by atoms with Crippen LogP contribution in [0.2, 0.25) is 0 Å². The molecule has 3 rings (SSSR count). The summed E-state index contributed by atoms with van der Waals surface area (Å²) in [6, 6.07) is 20.8. The SMILES string of the molecule is N#Cc1cccc(NC(=O)c2ccc(Nc3cccc(C#N)c3)nn2)c1. The van der Waals surface area contributed by atoms with E-state index in [1.54, 1.807) is 54.6 Å². The average molecular weight is 340 g/mol. The van der Waals surface area contributed by atoms with Crippen molar-refractivity contribution in [3.63, 3.8) is 0 Å². The highest BCUT2D eigenvalue weighted by molar-refractivity contribution is 6.02. The average Bonchev–Trinajstić information content (AvgIpc) is 2.69. The van der Waals surface area contributed by atoms with Gasteiger partial charge in [-0.2, -0.15) is 10.5 Å². The van der Waals surface area contributed by atoms with E-state index in [2.05, 4.69) is 26.9 Å². The summed E-state index contributed by atoms with van der Waals surface area (Å²) in [4.78, 5) is 12.2. The molecule has 2 N–H and O–H groups in total. The quantitative estimate of drug-likeness (QED) is 0.753. The van der Waals surface area contributed by atoms with E-state index in [1.807, 2.05) is 6.07 Å². The van der Waals surface area contributed by atoms with Gasteiger partial charge in [-0.1, -0.05) is 12.1 Å². The molecule has 26 heavy (non-hydrogen) atoms. The van der Waals surface area contributed by atoms with Crippen LogP contribution in [0.3, 0.4) is 0 Å². The predicted molar refractivity (Wildman–Crippen MR) is 95.6 cm³/mol. The zero-order chi connectivity index (χ0) is 18.4. The van der Waals surface area contributed by atoms with E-state index in [1.165, 1.54) is 6.07 Å². The summed E-state index contributed by atoms with van der Waals surface area (Å²) in [5.74, 6) is 0.0220. The number of aromatic nitrogens is 2. The van der Waals surface area contributed by atoms with Crippen molar-refractivity contribution in [2.45, 2.75) is 0 Å². The lowest BCUT2D eigenvalue weighted by atomic mass is 10.2. The number of amides is 1. The molecule has 0 spiro atoms. The normalized spacial score (nSPS) is 9.62. The third-order valence-electron chi connectivity index (χ3n) is 3.41. The molecule has 0 unspecified atom stereocenters. The third kappa shape index (κ3) is 3.99. The third-order valence-corrected chi connectivity index (χ3v) is 3.41. The van der Waals surface area contributed by atoms with Crippen LogP contribution in [0.1, 0.15) is 21.6 Å². The Balaban J connectivity index is 1.69. The lowest BCUT2D eigenvalue weighted by Gasteiger charge is -2.07. The van der Waals surface area contributed by atoms with Crippen LogP contribution in [0, 0.1) is 22.7 Å². The second-order valence-electron chi connectivity index (χ2n) is 5.27. The van der Waals surface area contributed by atoms with E-state index in [-0.39, 0.29) is 5.69 Å². The molecule has 0 aliphatic rings. The van der Waals surface area contributed by atoms with Gasteiger partial charge in [-0.05, 0) is 48.5 Å². The molecular formula is C19H12N6O. The Kier molecular flexibility index (Phi) is 4.83. The van der Waals surface area contributed by atoms with Crippen molar-refractivity contribution in [1.82, 2.24) is 10.2 Å². The van der Waals surface area contributed by atoms with Gasteiger partial charge in [0.15, 0.2) is 11.5 Å². The minimum atomic E-state index is -0.425. The molecule has 0 atom stereocenters. The zero-order valence-electron chi connectivity index (χ0n) is 13.5. The summed E-state index contributed by atoms with van der Waals surface area (Å²) in [7, 11) is 0. The van der Waals surface area contributed by atoms with E-state index >= 15 is 0 Å². The van der Waals surface area contributed by atoms with Crippen LogP contribution < -0.4 is 10.6 Å². The standard InChI is InChI=1S/C19H12N6O/c20-11-13-3-1-5-15(9-13)22-18-8-7-17(24-25-18)19(26)23-16-6-2-4-14(10-16)12-21/h1-10H,(H,22,25)(H,23,26). The lowest BCUT2D eigenvalue weighted by molar-refractivity contribution is 0.102. The number of anilines is 3. The fourth-order valence-corrected chi connectivity index (χ4v) is 2.20. The van der Waals surface area contributed by atoms with Gasteiger partial charge in [-0.3, -0.25) is 4.79 Å². The molecule has 3 aromatic rings. The molecule has 2 aromatic carbocycles. The molecule has 1 amide bonds. The Morgan fingerprint density at radius 2 is 1.50 bits per heavy atom. The van der Waals surface area contributed by atoms with E-state index < -0.39 is 5.91 Å². The monoisotopic (exact) mass is 340 g/mol. The smallest absolute Gasteiger partial charge is 0.276 e. The summed E-state index contributed by atoms with van der Waals surface area (Å²) < 4.78 is 0. The maximum atomic E-state index is 12.2. The van der Waals surface area contributed by atoms with Crippen LogP contribution in [0.25, 0.3) is 0 Å². The fourth-order valence-electron chi connectivity index (χ4n) is 2.20. The molecule has 7 heteroatoms. The number of nitrogens with one attached hydrogen (secondary N) is 2. The number of benzene rings is 2. The second kappa shape index (κ2) is 7.56. The Morgan fingerprint density at radius 3 is 2.12 bits per heavy atom. The number of hydrogen-bond acceptors (Lipinski definition) is 6. The van der Waals surface area contributed by atoms with Gasteiger partial charge in [0.2, 0.25) is 0 Å². The van der Waals surface area contributed by atoms with Gasteiger partial charge >= 0.3 is 0 Å². The van der Waals surface area contributed by atoms with Gasteiger partial charge in [0.1, 0.15) is 0 Å². The van der Waals surface area contributed by atoms with E-state index in [0.717, 1.165) is 0 Å². The minimum absolute atomic E-state index is 0.142. The summed E-state index contributed by atoms with van der Waals surface area (Å²) in [6.07, 6.45) is 0. The first-order valence-corrected chi connectivity index (χ1v) is 7.60. The Hall–Kier alpha value is -4.23. The van der Waals surface area contributed by atoms with Gasteiger partial charge in [0, 0.05) is 11.4 Å². The van der Waals surface area contributed by atoms with Crippen molar-refractivity contribution in [3.05, 3.63) is 77.5 Å². The summed E-state index contributed by atoms with van der Waals surface area (Å²) in [6.45, 7) is 0. The number of carbonyl (C=O) groups is 1. The highest BCUT2D eigenvalue weighted by Gasteiger charge is 2.09. The summed E-state index contributed by atoms with van der Waals surface area (Å²) in [5.41, 5.74) is 2.32. The fraction of sp³-hybridized carbons (Fsp3) is 0. The largest absolute Gasteiger partial charge is 0.339 e. The lowest BCUT2D eigenvalue weighted by Crippen LogP contribution is -2.14. The topological polar surface area (TPSA) is 114 Å². The second-order valence-corrected chi connectivity index (χ2v) is 5.27. The molecule has 1 aromatic heterocycles. The van der Waals surface area contributed by atoms with Crippen molar-refractivity contribution in [1.29, 1.82) is 10.5 Å². The number of nitrogens with zero attached hydrogens (tertiary/aromatic N) is 4. The number of carbonyl (C=O) groups excluding carboxylic acids is 1. The molecule has 0 saturated heterocycles. The highest BCUT2D eigenvalue weighted by atomic mass is 16.1. The van der Waals surface area contributed by atoms with Crippen LogP contribution in [0.5, 0.6) is 0 Å². The first-order chi connectivity index (χ1) is 12.7. The van der Waals surface area contributed by atoms with Crippen molar-refractivity contribution in [2.24, 2.45) is 0 Å². The van der Waals surface area contributed by atoms with Crippen LogP contribution >= 0.6 is 0 Å². The Morgan fingerprint density at radius 1 is 0.846 bits per heavy atom. The van der Waals surface area contributed by atoms with Gasteiger partial charge < -0.3 is 10.6 Å². The molecule has 0 fully saturated rings. The van der Waals surface area contributed by atoms with Crippen LogP contribution in [-0.2, 0) is 0 Å². The molecule has 124 valence electrons. The van der Waals surface area contributed by atoms with Gasteiger partial charge in [-0.25, -0.2) is 0 Å². The summed E-state index contributed by atoms with van der Waals surface area (Å²) >= 11 is 0. The molecule has 7 nitrogen and oxygen atoms in total. The Labute approximate surface area is 149 Å². The van der Waals surface area contributed by atoms with Crippen molar-refractivity contribution >= 4 is 23.1 Å². The maximum absolute atomic E-state index is 12.2. The van der Waals surface area contributed by atoms with Crippen molar-refractivity contribution < 1.29 is 4.79 Å². The molecule has 1 heterocycles. The number of rotatable bonds is 4. The highest BCUT2D eigenvalue weighted by Crippen LogP contribution is 2.16. The first-order valence-electron chi connectivity index (χ1n) is 7.60. The van der Waals surface area contributed by atoms with Gasteiger partial charge in [-0.15, -0.1) is 10.2 Å². The molecule has 0 radical (unpaired) electrons. The molecule has 0 aliphatic carbocycles. The van der Waals surface area contributed by atoms with E-state index in [4.69, 9.17) is 10.5 Å². The van der Waals surface area contributed by atoms with Crippen LogP contribution in [-0.4, -0.2) is 16.1 Å². The molecular weight excluding hydrogens is 328 g/mol. The van der Waals surface area contributed by atoms with Gasteiger partial charge in [0.05, 0.1) is 23.3 Å². The Bertz CT molecular complexity index is 1030. The molecule has 0 saturated carbocycles. The van der Waals surface area contributed by atoms with Crippen molar-refractivity contribution in [2.75, 3.05) is 10.6 Å². The van der Waals surface area contributed by atoms with Gasteiger partial charge in [0.25, 0.3) is 5.91 Å². The van der Waals surface area contributed by atoms with Crippen molar-refractivity contribution in [3.8, 4) is 12.1 Å². The molecule has 0 bridgehead atoms. The molecule has 0 aliphatic heterocycles.